The number of nitro groups is 1. The zero-order valence-electron chi connectivity index (χ0n) is 5.15. The van der Waals surface area contributed by atoms with E-state index in [1.54, 1.807) is 30.3 Å². The van der Waals surface area contributed by atoms with Crippen molar-refractivity contribution in [3.8, 4) is 0 Å². The van der Waals surface area contributed by atoms with Crippen molar-refractivity contribution >= 4 is 0 Å². The highest BCUT2D eigenvalue weighted by Gasteiger charge is 2.03. The number of benzene rings is 1. The summed E-state index contributed by atoms with van der Waals surface area (Å²) in [7, 11) is 0. The smallest absolute Gasteiger partial charge is 0.263 e. The van der Waals surface area contributed by atoms with E-state index in [4.69, 9.17) is 0 Å². The second-order valence-electron chi connectivity index (χ2n) is 1.73. The molecule has 0 atom stereocenters. The van der Waals surface area contributed by atoms with Crippen molar-refractivity contribution in [3.63, 3.8) is 0 Å². The van der Waals surface area contributed by atoms with Gasteiger partial charge in [0, 0.05) is 10.5 Å². The molecule has 1 rings (SSSR count). The topological polar surface area (TPSA) is 43.1 Å². The first-order valence-corrected chi connectivity index (χ1v) is 2.75. The van der Waals surface area contributed by atoms with Crippen LogP contribution in [0.4, 0.5) is 0 Å². The largest absolute Gasteiger partial charge is 0.408 e. The van der Waals surface area contributed by atoms with E-state index in [2.05, 4.69) is 0 Å². The Hall–Kier alpha value is -1.38. The van der Waals surface area contributed by atoms with Crippen LogP contribution >= 0.6 is 0 Å². The minimum absolute atomic E-state index is 0.493. The van der Waals surface area contributed by atoms with Gasteiger partial charge in [-0.15, -0.1) is 0 Å². The lowest BCUT2D eigenvalue weighted by Crippen LogP contribution is -1.93. The van der Waals surface area contributed by atoms with Crippen LogP contribution in [0, 0.1) is 16.7 Å². The summed E-state index contributed by atoms with van der Waals surface area (Å²) >= 11 is 0. The summed E-state index contributed by atoms with van der Waals surface area (Å²) in [5.74, 6) is 0. The second kappa shape index (κ2) is 2.96. The van der Waals surface area contributed by atoms with E-state index in [1.807, 2.05) is 6.54 Å². The van der Waals surface area contributed by atoms with Gasteiger partial charge in [-0.2, -0.15) is 0 Å². The highest BCUT2D eigenvalue weighted by molar-refractivity contribution is 5.19. The molecule has 0 unspecified atom stereocenters. The monoisotopic (exact) mass is 135 g/mol. The molecule has 1 aromatic carbocycles. The molecule has 0 aliphatic carbocycles. The summed E-state index contributed by atoms with van der Waals surface area (Å²) in [6, 6.07) is 8.51. The Morgan fingerprint density at radius 3 is 2.40 bits per heavy atom. The zero-order chi connectivity index (χ0) is 7.40. The summed E-state index contributed by atoms with van der Waals surface area (Å²) in [6.45, 7) is 2.03. The van der Waals surface area contributed by atoms with E-state index in [1.165, 1.54) is 0 Å². The van der Waals surface area contributed by atoms with Crippen LogP contribution < -0.4 is 0 Å². The van der Waals surface area contributed by atoms with Gasteiger partial charge in [0.1, 0.15) is 0 Å². The van der Waals surface area contributed by atoms with Crippen LogP contribution in [-0.2, 0) is 0 Å². The standard InChI is InChI=1S/C7H5NO2/c9-8(10)6-7-4-2-1-3-5-7/h1-5H. The third-order valence-electron chi connectivity index (χ3n) is 0.994. The molecule has 0 spiro atoms. The molecular weight excluding hydrogens is 130 g/mol. The van der Waals surface area contributed by atoms with E-state index in [9.17, 15) is 10.1 Å². The van der Waals surface area contributed by atoms with Gasteiger partial charge in [0.25, 0.3) is 0 Å². The molecule has 10 heavy (non-hydrogen) atoms. The molecule has 0 aromatic heterocycles. The average Bonchev–Trinajstić information content (AvgIpc) is 1.88. The Morgan fingerprint density at radius 2 is 1.90 bits per heavy atom. The van der Waals surface area contributed by atoms with Crippen molar-refractivity contribution in [2.24, 2.45) is 0 Å². The predicted molar refractivity (Wildman–Crippen MR) is 35.8 cm³/mol. The van der Waals surface area contributed by atoms with Crippen LogP contribution in [0.1, 0.15) is 5.56 Å². The van der Waals surface area contributed by atoms with Crippen molar-refractivity contribution in [2.45, 2.75) is 0 Å². The fourth-order valence-corrected chi connectivity index (χ4v) is 0.618. The third-order valence-corrected chi connectivity index (χ3v) is 0.994. The molecular formula is C7H5NO2. The average molecular weight is 135 g/mol. The fraction of sp³-hybridized carbons (Fsp3) is 0. The summed E-state index contributed by atoms with van der Waals surface area (Å²) in [5, 5.41) is 9.86. The normalized spacial score (nSPS) is 9.20. The van der Waals surface area contributed by atoms with Gasteiger partial charge in [-0.25, -0.2) is 0 Å². The van der Waals surface area contributed by atoms with Crippen molar-refractivity contribution in [1.29, 1.82) is 0 Å². The summed E-state index contributed by atoms with van der Waals surface area (Å²) in [5.41, 5.74) is 0.493. The maximum absolute atomic E-state index is 9.86. The lowest BCUT2D eigenvalue weighted by molar-refractivity contribution is -0.429. The maximum atomic E-state index is 9.86. The van der Waals surface area contributed by atoms with Crippen molar-refractivity contribution in [3.05, 3.63) is 52.6 Å². The molecule has 0 aliphatic rings. The fourth-order valence-electron chi connectivity index (χ4n) is 0.618. The number of nitrogens with zero attached hydrogens (tertiary/aromatic N) is 1. The van der Waals surface area contributed by atoms with Crippen LogP contribution in [0.3, 0.4) is 0 Å². The van der Waals surface area contributed by atoms with Gasteiger partial charge in [-0.3, -0.25) is 10.1 Å². The lowest BCUT2D eigenvalue weighted by Gasteiger charge is -1.87. The van der Waals surface area contributed by atoms with Gasteiger partial charge >= 0.3 is 6.54 Å². The van der Waals surface area contributed by atoms with E-state index >= 15 is 0 Å². The molecule has 1 aromatic rings. The Kier molecular flexibility index (Phi) is 1.99. The molecule has 0 amide bonds. The van der Waals surface area contributed by atoms with Crippen molar-refractivity contribution < 1.29 is 4.92 Å². The molecule has 0 fully saturated rings. The molecule has 0 saturated carbocycles. The van der Waals surface area contributed by atoms with E-state index in [-0.39, 0.29) is 0 Å². The number of hydrogen-bond donors (Lipinski definition) is 0. The van der Waals surface area contributed by atoms with Gasteiger partial charge < -0.3 is 0 Å². The molecule has 0 saturated heterocycles. The van der Waals surface area contributed by atoms with Crippen LogP contribution in [0.15, 0.2) is 30.3 Å². The van der Waals surface area contributed by atoms with Gasteiger partial charge in [0.05, 0.1) is 0 Å². The highest BCUT2D eigenvalue weighted by atomic mass is 16.6. The summed E-state index contributed by atoms with van der Waals surface area (Å²) in [6.07, 6.45) is 0. The first-order chi connectivity index (χ1) is 4.79. The Balaban J connectivity index is 2.67. The SMILES string of the molecule is O=[N+]([O-])[C]c1ccccc1. The molecule has 3 nitrogen and oxygen atoms in total. The first-order valence-electron chi connectivity index (χ1n) is 2.75. The first kappa shape index (κ1) is 6.74. The zero-order valence-corrected chi connectivity index (χ0v) is 5.15. The molecule has 2 radical (unpaired) electrons. The van der Waals surface area contributed by atoms with Crippen molar-refractivity contribution in [2.75, 3.05) is 0 Å². The van der Waals surface area contributed by atoms with Gasteiger partial charge in [0.15, 0.2) is 0 Å². The van der Waals surface area contributed by atoms with Crippen LogP contribution in [0.2, 0.25) is 0 Å². The number of rotatable bonds is 2. The quantitative estimate of drug-likeness (QED) is 0.349. The Morgan fingerprint density at radius 1 is 1.30 bits per heavy atom. The minimum atomic E-state index is -0.588. The van der Waals surface area contributed by atoms with Gasteiger partial charge in [-0.1, -0.05) is 30.3 Å². The lowest BCUT2D eigenvalue weighted by atomic mass is 10.2. The van der Waals surface area contributed by atoms with E-state index in [0.717, 1.165) is 0 Å². The minimum Gasteiger partial charge on any atom is -0.263 e. The van der Waals surface area contributed by atoms with Crippen LogP contribution in [0.25, 0.3) is 0 Å². The maximum Gasteiger partial charge on any atom is 0.408 e. The molecule has 3 heteroatoms. The molecule has 50 valence electrons. The second-order valence-corrected chi connectivity index (χ2v) is 1.73. The van der Waals surface area contributed by atoms with Crippen LogP contribution in [-0.4, -0.2) is 4.92 Å². The molecule has 0 aliphatic heterocycles. The number of hydrogen-bond acceptors (Lipinski definition) is 2. The summed E-state index contributed by atoms with van der Waals surface area (Å²) in [4.78, 5) is 9.28. The third kappa shape index (κ3) is 1.85. The predicted octanol–water partition coefficient (Wildman–Crippen LogP) is 1.35. The molecule has 0 bridgehead atoms. The van der Waals surface area contributed by atoms with E-state index < -0.39 is 4.92 Å². The molecule has 0 N–H and O–H groups in total. The van der Waals surface area contributed by atoms with Crippen molar-refractivity contribution in [1.82, 2.24) is 0 Å². The summed E-state index contributed by atoms with van der Waals surface area (Å²) < 4.78 is 0. The van der Waals surface area contributed by atoms with Gasteiger partial charge in [-0.05, 0) is 0 Å². The molecule has 0 heterocycles. The van der Waals surface area contributed by atoms with E-state index in [0.29, 0.717) is 5.56 Å². The van der Waals surface area contributed by atoms with Crippen LogP contribution in [0.5, 0.6) is 0 Å². The highest BCUT2D eigenvalue weighted by Crippen LogP contribution is 2.00. The Bertz CT molecular complexity index is 220. The van der Waals surface area contributed by atoms with Gasteiger partial charge in [0.2, 0.25) is 0 Å². The Labute approximate surface area is 58.4 Å².